The molecule has 88 valence electrons. The minimum atomic E-state index is -0.609. The molecule has 4 N–H and O–H groups in total. The molecule has 2 aromatic rings. The molecule has 0 unspecified atom stereocenters. The lowest BCUT2D eigenvalue weighted by molar-refractivity contribution is 0.100. The van der Waals surface area contributed by atoms with Gasteiger partial charge in [-0.1, -0.05) is 6.07 Å². The van der Waals surface area contributed by atoms with Gasteiger partial charge in [0.15, 0.2) is 5.75 Å². The van der Waals surface area contributed by atoms with Crippen LogP contribution >= 0.6 is 0 Å². The topological polar surface area (TPSA) is 109 Å². The van der Waals surface area contributed by atoms with E-state index in [1.54, 1.807) is 19.2 Å². The smallest absolute Gasteiger partial charge is 0.341 e. The normalized spacial score (nSPS) is 10.2. The number of aromatic nitrogens is 3. The Morgan fingerprint density at radius 3 is 2.82 bits per heavy atom. The van der Waals surface area contributed by atoms with Crippen molar-refractivity contribution in [1.29, 1.82) is 0 Å². The van der Waals surface area contributed by atoms with Crippen LogP contribution in [0.3, 0.4) is 0 Å². The number of nitrogens with zero attached hydrogens (tertiary/aromatic N) is 3. The van der Waals surface area contributed by atoms with E-state index in [2.05, 4.69) is 10.1 Å². The van der Waals surface area contributed by atoms with Gasteiger partial charge in [-0.2, -0.15) is 4.98 Å². The molecule has 1 heterocycles. The molecule has 0 aliphatic carbocycles. The fourth-order valence-corrected chi connectivity index (χ4v) is 1.31. The Kier molecular flexibility index (Phi) is 2.65. The van der Waals surface area contributed by atoms with Gasteiger partial charge in [0.05, 0.1) is 11.3 Å². The van der Waals surface area contributed by atoms with Crippen LogP contribution in [-0.2, 0) is 7.05 Å². The standard InChI is InChI=1S/C10H11N5O2/c1-15-5-13-10(14-15)17-7-4-2-3-6(8(7)11)9(12)16/h2-5H,11H2,1H3,(H2,12,16). The molecule has 1 aromatic carbocycles. The summed E-state index contributed by atoms with van der Waals surface area (Å²) < 4.78 is 6.83. The van der Waals surface area contributed by atoms with Gasteiger partial charge >= 0.3 is 6.01 Å². The third-order valence-electron chi connectivity index (χ3n) is 2.11. The lowest BCUT2D eigenvalue weighted by Crippen LogP contribution is -2.13. The van der Waals surface area contributed by atoms with E-state index in [9.17, 15) is 4.79 Å². The summed E-state index contributed by atoms with van der Waals surface area (Å²) in [6.45, 7) is 0. The average Bonchev–Trinajstić information content (AvgIpc) is 2.67. The predicted molar refractivity (Wildman–Crippen MR) is 60.4 cm³/mol. The van der Waals surface area contributed by atoms with Crippen molar-refractivity contribution < 1.29 is 9.53 Å². The molecule has 0 radical (unpaired) electrons. The maximum atomic E-state index is 11.1. The van der Waals surface area contributed by atoms with E-state index < -0.39 is 5.91 Å². The number of benzene rings is 1. The van der Waals surface area contributed by atoms with Gasteiger partial charge in [-0.25, -0.2) is 0 Å². The molecule has 0 bridgehead atoms. The van der Waals surface area contributed by atoms with E-state index in [1.807, 2.05) is 0 Å². The van der Waals surface area contributed by atoms with Crippen LogP contribution in [0.1, 0.15) is 10.4 Å². The van der Waals surface area contributed by atoms with Crippen molar-refractivity contribution >= 4 is 11.6 Å². The third-order valence-corrected chi connectivity index (χ3v) is 2.11. The van der Waals surface area contributed by atoms with Gasteiger partial charge < -0.3 is 16.2 Å². The Morgan fingerprint density at radius 2 is 2.24 bits per heavy atom. The fraction of sp³-hybridized carbons (Fsp3) is 0.100. The SMILES string of the molecule is Cn1cnc(Oc2cccc(C(N)=O)c2N)n1. The van der Waals surface area contributed by atoms with Crippen LogP contribution in [-0.4, -0.2) is 20.7 Å². The van der Waals surface area contributed by atoms with E-state index in [0.717, 1.165) is 0 Å². The van der Waals surface area contributed by atoms with Gasteiger partial charge in [0.1, 0.15) is 6.33 Å². The van der Waals surface area contributed by atoms with E-state index in [-0.39, 0.29) is 17.3 Å². The largest absolute Gasteiger partial charge is 0.421 e. The molecule has 1 amide bonds. The summed E-state index contributed by atoms with van der Waals surface area (Å²) in [5, 5.41) is 3.93. The number of carbonyl (C=O) groups is 1. The van der Waals surface area contributed by atoms with Gasteiger partial charge in [0.25, 0.3) is 5.91 Å². The second kappa shape index (κ2) is 4.12. The van der Waals surface area contributed by atoms with Gasteiger partial charge in [0, 0.05) is 7.05 Å². The summed E-state index contributed by atoms with van der Waals surface area (Å²) >= 11 is 0. The molecule has 1 aromatic heterocycles. The number of anilines is 1. The molecule has 0 saturated carbocycles. The number of ether oxygens (including phenoxy) is 1. The number of hydrogen-bond donors (Lipinski definition) is 2. The molecule has 0 atom stereocenters. The zero-order valence-corrected chi connectivity index (χ0v) is 9.12. The zero-order valence-electron chi connectivity index (χ0n) is 9.12. The number of hydrogen-bond acceptors (Lipinski definition) is 5. The zero-order chi connectivity index (χ0) is 12.4. The first kappa shape index (κ1) is 10.9. The first-order valence-corrected chi connectivity index (χ1v) is 4.79. The van der Waals surface area contributed by atoms with Crippen molar-refractivity contribution in [3.05, 3.63) is 30.1 Å². The van der Waals surface area contributed by atoms with Crippen molar-refractivity contribution in [2.24, 2.45) is 12.8 Å². The number of amides is 1. The molecule has 0 saturated heterocycles. The first-order valence-electron chi connectivity index (χ1n) is 4.79. The minimum absolute atomic E-state index is 0.154. The quantitative estimate of drug-likeness (QED) is 0.740. The van der Waals surface area contributed by atoms with Crippen LogP contribution in [0, 0.1) is 0 Å². The highest BCUT2D eigenvalue weighted by Gasteiger charge is 2.12. The molecule has 7 nitrogen and oxygen atoms in total. The second-order valence-electron chi connectivity index (χ2n) is 3.38. The predicted octanol–water partition coefficient (Wildman–Crippen LogP) is 0.288. The summed E-state index contributed by atoms with van der Waals surface area (Å²) in [4.78, 5) is 15.0. The Morgan fingerprint density at radius 1 is 1.47 bits per heavy atom. The first-order chi connectivity index (χ1) is 8.08. The number of nitrogens with two attached hydrogens (primary N) is 2. The van der Waals surface area contributed by atoms with Crippen molar-refractivity contribution in [3.8, 4) is 11.8 Å². The second-order valence-corrected chi connectivity index (χ2v) is 3.38. The van der Waals surface area contributed by atoms with E-state index >= 15 is 0 Å². The number of carbonyl (C=O) groups excluding carboxylic acids is 1. The Balaban J connectivity index is 2.33. The monoisotopic (exact) mass is 233 g/mol. The van der Waals surface area contributed by atoms with Crippen LogP contribution in [0.25, 0.3) is 0 Å². The van der Waals surface area contributed by atoms with Crippen molar-refractivity contribution in [2.45, 2.75) is 0 Å². The third kappa shape index (κ3) is 2.17. The van der Waals surface area contributed by atoms with Crippen LogP contribution in [0.2, 0.25) is 0 Å². The maximum absolute atomic E-state index is 11.1. The van der Waals surface area contributed by atoms with Crippen molar-refractivity contribution in [1.82, 2.24) is 14.8 Å². The average molecular weight is 233 g/mol. The molecule has 0 aliphatic heterocycles. The number of para-hydroxylation sites is 1. The van der Waals surface area contributed by atoms with Crippen LogP contribution < -0.4 is 16.2 Å². The summed E-state index contributed by atoms with van der Waals surface area (Å²) in [5.41, 5.74) is 11.3. The van der Waals surface area contributed by atoms with E-state index in [1.165, 1.54) is 17.1 Å². The maximum Gasteiger partial charge on any atom is 0.341 e. The fourth-order valence-electron chi connectivity index (χ4n) is 1.31. The van der Waals surface area contributed by atoms with Gasteiger partial charge in [0.2, 0.25) is 0 Å². The van der Waals surface area contributed by atoms with Crippen LogP contribution in [0.4, 0.5) is 5.69 Å². The van der Waals surface area contributed by atoms with Crippen LogP contribution in [0.5, 0.6) is 11.8 Å². The Hall–Kier alpha value is -2.57. The number of nitrogen functional groups attached to an aromatic ring is 1. The highest BCUT2D eigenvalue weighted by atomic mass is 16.5. The molecule has 0 fully saturated rings. The summed E-state index contributed by atoms with van der Waals surface area (Å²) in [6, 6.07) is 4.91. The van der Waals surface area contributed by atoms with Crippen LogP contribution in [0.15, 0.2) is 24.5 Å². The highest BCUT2D eigenvalue weighted by molar-refractivity contribution is 5.99. The molecule has 0 aliphatic rings. The molecular weight excluding hydrogens is 222 g/mol. The number of rotatable bonds is 3. The molecule has 17 heavy (non-hydrogen) atoms. The Labute approximate surface area is 97.0 Å². The Bertz CT molecular complexity index is 564. The molecular formula is C10H11N5O2. The van der Waals surface area contributed by atoms with E-state index in [0.29, 0.717) is 5.75 Å². The number of aryl methyl sites for hydroxylation is 1. The number of primary amides is 1. The summed E-state index contributed by atoms with van der Waals surface area (Å²) in [5.74, 6) is -0.311. The molecule has 2 rings (SSSR count). The lowest BCUT2D eigenvalue weighted by atomic mass is 10.1. The van der Waals surface area contributed by atoms with E-state index in [4.69, 9.17) is 16.2 Å². The summed E-state index contributed by atoms with van der Waals surface area (Å²) in [7, 11) is 1.71. The summed E-state index contributed by atoms with van der Waals surface area (Å²) in [6.07, 6.45) is 1.49. The minimum Gasteiger partial charge on any atom is -0.421 e. The van der Waals surface area contributed by atoms with Gasteiger partial charge in [-0.05, 0) is 12.1 Å². The lowest BCUT2D eigenvalue weighted by Gasteiger charge is -2.07. The molecule has 7 heteroatoms. The van der Waals surface area contributed by atoms with Gasteiger partial charge in [-0.3, -0.25) is 9.48 Å². The van der Waals surface area contributed by atoms with Crippen molar-refractivity contribution in [2.75, 3.05) is 5.73 Å². The van der Waals surface area contributed by atoms with Crippen molar-refractivity contribution in [3.63, 3.8) is 0 Å². The highest BCUT2D eigenvalue weighted by Crippen LogP contribution is 2.27. The van der Waals surface area contributed by atoms with Gasteiger partial charge in [-0.15, -0.1) is 5.10 Å². The molecule has 0 spiro atoms.